The molecule has 5 heteroatoms. The Balaban J connectivity index is 2.49. The molecule has 2 amide bonds. The first-order valence-corrected chi connectivity index (χ1v) is 6.51. The third-order valence-corrected chi connectivity index (χ3v) is 2.60. The number of amides is 2. The Labute approximate surface area is 118 Å². The molecule has 0 fully saturated rings. The fourth-order valence-electron chi connectivity index (χ4n) is 1.58. The van der Waals surface area contributed by atoms with E-state index < -0.39 is 11.9 Å². The van der Waals surface area contributed by atoms with Gasteiger partial charge in [0.2, 0.25) is 11.8 Å². The van der Waals surface area contributed by atoms with Crippen LogP contribution in [-0.2, 0) is 14.3 Å². The maximum Gasteiger partial charge on any atom is 0.246 e. The lowest BCUT2D eigenvalue weighted by Gasteiger charge is -2.13. The van der Waals surface area contributed by atoms with E-state index in [-0.39, 0.29) is 12.5 Å². The second-order valence-corrected chi connectivity index (χ2v) is 4.21. The molecule has 0 heterocycles. The Morgan fingerprint density at radius 3 is 2.65 bits per heavy atom. The monoisotopic (exact) mass is 276 g/mol. The van der Waals surface area contributed by atoms with Gasteiger partial charge in [-0.15, -0.1) is 0 Å². The van der Waals surface area contributed by atoms with Crippen LogP contribution in [0.15, 0.2) is 36.4 Å². The molecule has 0 aliphatic carbocycles. The largest absolute Gasteiger partial charge is 0.372 e. The van der Waals surface area contributed by atoms with Gasteiger partial charge in [-0.2, -0.15) is 0 Å². The third kappa shape index (κ3) is 6.15. The zero-order valence-corrected chi connectivity index (χ0v) is 11.5. The highest BCUT2D eigenvalue weighted by Crippen LogP contribution is 2.03. The minimum Gasteiger partial charge on any atom is -0.372 e. The quantitative estimate of drug-likeness (QED) is 0.746. The summed E-state index contributed by atoms with van der Waals surface area (Å²) < 4.78 is 4.97. The fraction of sp³-hybridized carbons (Fsp3) is 0.333. The number of carbonyl (C=O) groups is 2. The molecule has 0 aromatic heterocycles. The summed E-state index contributed by atoms with van der Waals surface area (Å²) in [7, 11) is 0. The van der Waals surface area contributed by atoms with Gasteiger partial charge in [0.25, 0.3) is 0 Å². The van der Waals surface area contributed by atoms with Crippen LogP contribution in [0, 0.1) is 0 Å². The first-order valence-electron chi connectivity index (χ1n) is 6.51. The number of rotatable bonds is 8. The van der Waals surface area contributed by atoms with Crippen LogP contribution < -0.4 is 11.1 Å². The predicted molar refractivity (Wildman–Crippen MR) is 77.7 cm³/mol. The molecule has 108 valence electrons. The number of hydrogen-bond acceptors (Lipinski definition) is 3. The standard InChI is InChI=1S/C15H20N2O3/c1-2-20-11-14(18)17-13(15(16)19)10-6-9-12-7-4-3-5-8-12/h3-9,13H,2,10-11H2,1H3,(H2,16,19)(H,17,18)/b9-6+/t13-/m1/s1. The SMILES string of the molecule is CCOCC(=O)N[C@H](C/C=C/c1ccccc1)C(N)=O. The highest BCUT2D eigenvalue weighted by atomic mass is 16.5. The minimum absolute atomic E-state index is 0.0668. The van der Waals surface area contributed by atoms with Crippen molar-refractivity contribution >= 4 is 17.9 Å². The Bertz CT molecular complexity index is 457. The van der Waals surface area contributed by atoms with Gasteiger partial charge in [0.05, 0.1) is 0 Å². The number of nitrogens with one attached hydrogen (secondary N) is 1. The number of ether oxygens (including phenoxy) is 1. The van der Waals surface area contributed by atoms with Crippen LogP contribution in [0.25, 0.3) is 6.08 Å². The molecular weight excluding hydrogens is 256 g/mol. The molecule has 0 aliphatic rings. The van der Waals surface area contributed by atoms with Crippen LogP contribution in [0.3, 0.4) is 0 Å². The Morgan fingerprint density at radius 1 is 1.35 bits per heavy atom. The zero-order chi connectivity index (χ0) is 14.8. The van der Waals surface area contributed by atoms with Gasteiger partial charge >= 0.3 is 0 Å². The molecule has 1 atom stereocenters. The molecule has 0 saturated heterocycles. The molecular formula is C15H20N2O3. The van der Waals surface area contributed by atoms with Crippen molar-refractivity contribution in [3.05, 3.63) is 42.0 Å². The number of nitrogens with two attached hydrogens (primary N) is 1. The lowest BCUT2D eigenvalue weighted by atomic mass is 10.1. The fourth-order valence-corrected chi connectivity index (χ4v) is 1.58. The van der Waals surface area contributed by atoms with Gasteiger partial charge in [0, 0.05) is 6.61 Å². The van der Waals surface area contributed by atoms with Gasteiger partial charge in [0.1, 0.15) is 12.6 Å². The van der Waals surface area contributed by atoms with Crippen LogP contribution >= 0.6 is 0 Å². The topological polar surface area (TPSA) is 81.4 Å². The van der Waals surface area contributed by atoms with Gasteiger partial charge in [-0.1, -0.05) is 42.5 Å². The molecule has 0 radical (unpaired) electrons. The van der Waals surface area contributed by atoms with E-state index >= 15 is 0 Å². The molecule has 0 unspecified atom stereocenters. The summed E-state index contributed by atoms with van der Waals surface area (Å²) in [4.78, 5) is 22.8. The van der Waals surface area contributed by atoms with Crippen molar-refractivity contribution in [1.29, 1.82) is 0 Å². The van der Waals surface area contributed by atoms with E-state index in [0.29, 0.717) is 13.0 Å². The molecule has 0 bridgehead atoms. The van der Waals surface area contributed by atoms with Crippen molar-refractivity contribution in [3.63, 3.8) is 0 Å². The van der Waals surface area contributed by atoms with Crippen molar-refractivity contribution in [2.24, 2.45) is 5.73 Å². The molecule has 0 saturated carbocycles. The predicted octanol–water partition coefficient (Wildman–Crippen LogP) is 1.10. The summed E-state index contributed by atoms with van der Waals surface area (Å²) >= 11 is 0. The van der Waals surface area contributed by atoms with E-state index in [9.17, 15) is 9.59 Å². The molecule has 20 heavy (non-hydrogen) atoms. The van der Waals surface area contributed by atoms with Crippen molar-refractivity contribution in [1.82, 2.24) is 5.32 Å². The van der Waals surface area contributed by atoms with Crippen LogP contribution in [0.4, 0.5) is 0 Å². The summed E-state index contributed by atoms with van der Waals surface area (Å²) in [5.74, 6) is -0.906. The van der Waals surface area contributed by atoms with E-state index in [1.54, 1.807) is 6.92 Å². The summed E-state index contributed by atoms with van der Waals surface area (Å²) in [6.45, 7) is 2.17. The van der Waals surface area contributed by atoms with E-state index in [4.69, 9.17) is 10.5 Å². The third-order valence-electron chi connectivity index (χ3n) is 2.60. The maximum atomic E-state index is 11.5. The van der Waals surface area contributed by atoms with E-state index in [2.05, 4.69) is 5.32 Å². The Hall–Kier alpha value is -2.14. The summed E-state index contributed by atoms with van der Waals surface area (Å²) in [6.07, 6.45) is 4.04. The van der Waals surface area contributed by atoms with Crippen LogP contribution in [0.2, 0.25) is 0 Å². The number of hydrogen-bond donors (Lipinski definition) is 2. The highest BCUT2D eigenvalue weighted by molar-refractivity contribution is 5.87. The summed E-state index contributed by atoms with van der Waals surface area (Å²) in [5.41, 5.74) is 6.29. The normalized spacial score (nSPS) is 12.2. The van der Waals surface area contributed by atoms with E-state index in [0.717, 1.165) is 5.56 Å². The number of carbonyl (C=O) groups excluding carboxylic acids is 2. The molecule has 1 rings (SSSR count). The van der Waals surface area contributed by atoms with Crippen LogP contribution in [0.1, 0.15) is 18.9 Å². The van der Waals surface area contributed by atoms with E-state index in [1.807, 2.05) is 42.5 Å². The first kappa shape index (κ1) is 15.9. The molecule has 1 aromatic carbocycles. The van der Waals surface area contributed by atoms with Crippen molar-refractivity contribution in [2.75, 3.05) is 13.2 Å². The van der Waals surface area contributed by atoms with Gasteiger partial charge < -0.3 is 15.8 Å². The van der Waals surface area contributed by atoms with Gasteiger partial charge in [-0.05, 0) is 18.9 Å². The van der Waals surface area contributed by atoms with E-state index in [1.165, 1.54) is 0 Å². The lowest BCUT2D eigenvalue weighted by molar-refractivity contribution is -0.130. The average Bonchev–Trinajstić information content (AvgIpc) is 2.45. The molecule has 0 spiro atoms. The van der Waals surface area contributed by atoms with Crippen molar-refractivity contribution in [3.8, 4) is 0 Å². The summed E-state index contributed by atoms with van der Waals surface area (Å²) in [5, 5.41) is 2.55. The van der Waals surface area contributed by atoms with Gasteiger partial charge in [-0.3, -0.25) is 9.59 Å². The molecule has 1 aromatic rings. The Kier molecular flexibility index (Phi) is 7.06. The summed E-state index contributed by atoms with van der Waals surface area (Å²) in [6, 6.07) is 8.96. The second-order valence-electron chi connectivity index (χ2n) is 4.21. The van der Waals surface area contributed by atoms with Gasteiger partial charge in [0.15, 0.2) is 0 Å². The number of benzene rings is 1. The average molecular weight is 276 g/mol. The van der Waals surface area contributed by atoms with Crippen molar-refractivity contribution in [2.45, 2.75) is 19.4 Å². The Morgan fingerprint density at radius 2 is 2.05 bits per heavy atom. The molecule has 5 nitrogen and oxygen atoms in total. The molecule has 3 N–H and O–H groups in total. The zero-order valence-electron chi connectivity index (χ0n) is 11.5. The van der Waals surface area contributed by atoms with Crippen molar-refractivity contribution < 1.29 is 14.3 Å². The number of primary amides is 1. The lowest BCUT2D eigenvalue weighted by Crippen LogP contribution is -2.45. The minimum atomic E-state index is -0.720. The van der Waals surface area contributed by atoms with Crippen LogP contribution in [0.5, 0.6) is 0 Å². The maximum absolute atomic E-state index is 11.5. The highest BCUT2D eigenvalue weighted by Gasteiger charge is 2.16. The van der Waals surface area contributed by atoms with Gasteiger partial charge in [-0.25, -0.2) is 0 Å². The van der Waals surface area contributed by atoms with Crippen LogP contribution in [-0.4, -0.2) is 31.1 Å². The molecule has 0 aliphatic heterocycles. The first-order chi connectivity index (χ1) is 9.63. The smallest absolute Gasteiger partial charge is 0.246 e. The second kappa shape index (κ2) is 8.87.